The first kappa shape index (κ1) is 12.6. The standard InChI is InChI=1S/C10H18O4S/c1-3-13-10(11)5-7-15(12)9-4-6-14-8(9)2/h8-9H,3-7H2,1-2H3. The first-order chi connectivity index (χ1) is 7.15. The first-order valence-electron chi connectivity index (χ1n) is 5.29. The van der Waals surface area contributed by atoms with Gasteiger partial charge in [0.1, 0.15) is 0 Å². The third-order valence-electron chi connectivity index (χ3n) is 2.46. The molecule has 1 aliphatic rings. The Bertz CT molecular complexity index is 242. The van der Waals surface area contributed by atoms with Crippen LogP contribution < -0.4 is 0 Å². The molecule has 3 unspecified atom stereocenters. The van der Waals surface area contributed by atoms with Gasteiger partial charge in [0.2, 0.25) is 0 Å². The number of rotatable bonds is 5. The van der Waals surface area contributed by atoms with Crippen LogP contribution in [0.3, 0.4) is 0 Å². The van der Waals surface area contributed by atoms with Gasteiger partial charge in [0, 0.05) is 23.2 Å². The Morgan fingerprint density at radius 3 is 2.87 bits per heavy atom. The smallest absolute Gasteiger partial charge is 0.306 e. The summed E-state index contributed by atoms with van der Waals surface area (Å²) >= 11 is 0. The highest BCUT2D eigenvalue weighted by molar-refractivity contribution is 7.85. The molecule has 0 aromatic heterocycles. The maximum absolute atomic E-state index is 11.8. The van der Waals surface area contributed by atoms with Gasteiger partial charge in [-0.1, -0.05) is 0 Å². The second-order valence-corrected chi connectivity index (χ2v) is 5.32. The molecule has 0 radical (unpaired) electrons. The van der Waals surface area contributed by atoms with E-state index in [2.05, 4.69) is 0 Å². The molecule has 0 spiro atoms. The van der Waals surface area contributed by atoms with E-state index in [0.717, 1.165) is 6.42 Å². The van der Waals surface area contributed by atoms with Crippen molar-refractivity contribution >= 4 is 16.8 Å². The zero-order valence-electron chi connectivity index (χ0n) is 9.23. The third-order valence-corrected chi connectivity index (χ3v) is 4.36. The van der Waals surface area contributed by atoms with Crippen molar-refractivity contribution in [2.75, 3.05) is 19.0 Å². The second kappa shape index (κ2) is 6.23. The Morgan fingerprint density at radius 2 is 2.33 bits per heavy atom. The average molecular weight is 234 g/mol. The van der Waals surface area contributed by atoms with Crippen LogP contribution in [0.1, 0.15) is 26.7 Å². The Balaban J connectivity index is 2.26. The zero-order chi connectivity index (χ0) is 11.3. The lowest BCUT2D eigenvalue weighted by molar-refractivity contribution is -0.142. The summed E-state index contributed by atoms with van der Waals surface area (Å²) < 4.78 is 21.9. The van der Waals surface area contributed by atoms with Crippen molar-refractivity contribution in [3.8, 4) is 0 Å². The SMILES string of the molecule is CCOC(=O)CCS(=O)C1CCOC1C. The molecular weight excluding hydrogens is 216 g/mol. The van der Waals surface area contributed by atoms with Gasteiger partial charge in [-0.3, -0.25) is 9.00 Å². The largest absolute Gasteiger partial charge is 0.466 e. The van der Waals surface area contributed by atoms with Crippen LogP contribution in [0.15, 0.2) is 0 Å². The van der Waals surface area contributed by atoms with E-state index in [9.17, 15) is 9.00 Å². The lowest BCUT2D eigenvalue weighted by Gasteiger charge is -2.12. The number of hydrogen-bond donors (Lipinski definition) is 0. The van der Waals surface area contributed by atoms with Crippen molar-refractivity contribution in [3.05, 3.63) is 0 Å². The minimum absolute atomic E-state index is 0.0491. The van der Waals surface area contributed by atoms with Gasteiger partial charge in [0.05, 0.1) is 24.4 Å². The highest BCUT2D eigenvalue weighted by Crippen LogP contribution is 2.19. The van der Waals surface area contributed by atoms with Gasteiger partial charge in [-0.15, -0.1) is 0 Å². The van der Waals surface area contributed by atoms with Crippen LogP contribution in [-0.4, -0.2) is 40.5 Å². The monoisotopic (exact) mass is 234 g/mol. The number of esters is 1. The van der Waals surface area contributed by atoms with Gasteiger partial charge in [-0.2, -0.15) is 0 Å². The zero-order valence-corrected chi connectivity index (χ0v) is 10.0. The third kappa shape index (κ3) is 3.91. The fraction of sp³-hybridized carbons (Fsp3) is 0.900. The summed E-state index contributed by atoms with van der Waals surface area (Å²) in [4.78, 5) is 11.1. The molecule has 0 N–H and O–H groups in total. The van der Waals surface area contributed by atoms with E-state index < -0.39 is 10.8 Å². The molecule has 1 rings (SSSR count). The lowest BCUT2D eigenvalue weighted by Crippen LogP contribution is -2.26. The Morgan fingerprint density at radius 1 is 1.60 bits per heavy atom. The van der Waals surface area contributed by atoms with Crippen molar-refractivity contribution in [3.63, 3.8) is 0 Å². The highest BCUT2D eigenvalue weighted by atomic mass is 32.2. The molecule has 88 valence electrons. The van der Waals surface area contributed by atoms with E-state index in [1.54, 1.807) is 6.92 Å². The Hall–Kier alpha value is -0.420. The molecule has 0 aromatic rings. The second-order valence-electron chi connectivity index (χ2n) is 3.54. The Kier molecular flexibility index (Phi) is 5.25. The summed E-state index contributed by atoms with van der Waals surface area (Å²) in [5, 5.41) is 0.0828. The Labute approximate surface area is 92.8 Å². The normalized spacial score (nSPS) is 27.6. The molecule has 1 aliphatic heterocycles. The molecule has 1 fully saturated rings. The summed E-state index contributed by atoms with van der Waals surface area (Å²) in [5.41, 5.74) is 0. The number of hydrogen-bond acceptors (Lipinski definition) is 4. The molecule has 1 heterocycles. The van der Waals surface area contributed by atoms with Gasteiger partial charge in [0.25, 0.3) is 0 Å². The number of ether oxygens (including phenoxy) is 2. The predicted octanol–water partition coefficient (Wildman–Crippen LogP) is 0.866. The van der Waals surface area contributed by atoms with Crippen LogP contribution in [0.4, 0.5) is 0 Å². The molecule has 5 heteroatoms. The summed E-state index contributed by atoms with van der Waals surface area (Å²) in [5.74, 6) is 0.120. The van der Waals surface area contributed by atoms with Crippen molar-refractivity contribution < 1.29 is 18.5 Å². The van der Waals surface area contributed by atoms with Crippen molar-refractivity contribution in [1.29, 1.82) is 0 Å². The van der Waals surface area contributed by atoms with E-state index in [-0.39, 0.29) is 23.7 Å². The number of carbonyl (C=O) groups is 1. The van der Waals surface area contributed by atoms with Gasteiger partial charge in [-0.25, -0.2) is 0 Å². The summed E-state index contributed by atoms with van der Waals surface area (Å²) in [6, 6.07) is 0. The lowest BCUT2D eigenvalue weighted by atomic mass is 10.3. The van der Waals surface area contributed by atoms with E-state index in [0.29, 0.717) is 19.0 Å². The highest BCUT2D eigenvalue weighted by Gasteiger charge is 2.29. The maximum Gasteiger partial charge on any atom is 0.306 e. The fourth-order valence-electron chi connectivity index (χ4n) is 1.63. The molecule has 1 saturated heterocycles. The minimum atomic E-state index is -0.975. The van der Waals surface area contributed by atoms with Gasteiger partial charge >= 0.3 is 5.97 Å². The van der Waals surface area contributed by atoms with Crippen LogP contribution in [0.5, 0.6) is 0 Å². The van der Waals surface area contributed by atoms with Gasteiger partial charge < -0.3 is 9.47 Å². The van der Waals surface area contributed by atoms with Crippen LogP contribution >= 0.6 is 0 Å². The maximum atomic E-state index is 11.8. The quantitative estimate of drug-likeness (QED) is 0.662. The van der Waals surface area contributed by atoms with Crippen molar-refractivity contribution in [2.24, 2.45) is 0 Å². The van der Waals surface area contributed by atoms with E-state index >= 15 is 0 Å². The topological polar surface area (TPSA) is 52.6 Å². The molecular formula is C10H18O4S. The first-order valence-corrected chi connectivity index (χ1v) is 6.67. The number of carbonyl (C=O) groups excluding carboxylic acids is 1. The molecule has 0 bridgehead atoms. The van der Waals surface area contributed by atoms with E-state index in [1.807, 2.05) is 6.92 Å². The minimum Gasteiger partial charge on any atom is -0.466 e. The fourth-order valence-corrected chi connectivity index (χ4v) is 3.16. The van der Waals surface area contributed by atoms with E-state index in [1.165, 1.54) is 0 Å². The summed E-state index contributed by atoms with van der Waals surface area (Å²) in [7, 11) is -0.975. The molecule has 0 aliphatic carbocycles. The van der Waals surface area contributed by atoms with Crippen molar-refractivity contribution in [1.82, 2.24) is 0 Å². The average Bonchev–Trinajstić information content (AvgIpc) is 2.61. The van der Waals surface area contributed by atoms with Crippen molar-refractivity contribution in [2.45, 2.75) is 38.0 Å². The molecule has 4 nitrogen and oxygen atoms in total. The molecule has 0 saturated carbocycles. The molecule has 0 aromatic carbocycles. The van der Waals surface area contributed by atoms with Gasteiger partial charge in [-0.05, 0) is 20.3 Å². The van der Waals surface area contributed by atoms with Crippen LogP contribution in [0, 0.1) is 0 Å². The molecule has 0 amide bonds. The van der Waals surface area contributed by atoms with Crippen LogP contribution in [0.2, 0.25) is 0 Å². The summed E-state index contributed by atoms with van der Waals surface area (Å²) in [6.45, 7) is 4.76. The summed E-state index contributed by atoms with van der Waals surface area (Å²) in [6.07, 6.45) is 1.12. The van der Waals surface area contributed by atoms with Gasteiger partial charge in [0.15, 0.2) is 0 Å². The molecule has 15 heavy (non-hydrogen) atoms. The predicted molar refractivity (Wildman–Crippen MR) is 58.1 cm³/mol. The van der Waals surface area contributed by atoms with Crippen LogP contribution in [-0.2, 0) is 25.1 Å². The molecule has 3 atom stereocenters. The van der Waals surface area contributed by atoms with E-state index in [4.69, 9.17) is 9.47 Å². The van der Waals surface area contributed by atoms with Crippen LogP contribution in [0.25, 0.3) is 0 Å².